The van der Waals surface area contributed by atoms with Crippen molar-refractivity contribution in [1.82, 2.24) is 14.9 Å². The number of aromatic nitrogens is 3. The topological polar surface area (TPSA) is 82.5 Å². The Balaban J connectivity index is 1.82. The van der Waals surface area contributed by atoms with E-state index in [1.165, 1.54) is 29.6 Å². The summed E-state index contributed by atoms with van der Waals surface area (Å²) in [5.74, 6) is 0.585. The van der Waals surface area contributed by atoms with Gasteiger partial charge in [-0.1, -0.05) is 24.3 Å². The van der Waals surface area contributed by atoms with Crippen molar-refractivity contribution in [3.05, 3.63) is 72.0 Å². The summed E-state index contributed by atoms with van der Waals surface area (Å²) in [6.07, 6.45) is 5.94. The van der Waals surface area contributed by atoms with Gasteiger partial charge in [0.1, 0.15) is 30.8 Å². The van der Waals surface area contributed by atoms with Crippen molar-refractivity contribution in [2.45, 2.75) is 0 Å². The number of carbonyl (C=O) groups excluding carboxylic acids is 1. The zero-order chi connectivity index (χ0) is 17.6. The van der Waals surface area contributed by atoms with Gasteiger partial charge in [-0.05, 0) is 30.3 Å². The number of nitrogens with zero attached hydrogens (tertiary/aromatic N) is 4. The molecule has 0 N–H and O–H groups in total. The lowest BCUT2D eigenvalue weighted by Gasteiger charge is -2.06. The van der Waals surface area contributed by atoms with E-state index in [4.69, 9.17) is 20.8 Å². The molecule has 0 bridgehead atoms. The minimum atomic E-state index is -0.521. The normalized spacial score (nSPS) is 10.9. The van der Waals surface area contributed by atoms with Gasteiger partial charge in [-0.3, -0.25) is 0 Å². The third-order valence-corrected chi connectivity index (χ3v) is 3.48. The van der Waals surface area contributed by atoms with Crippen LogP contribution < -0.4 is 0 Å². The first-order valence-electron chi connectivity index (χ1n) is 7.24. The molecule has 0 unspecified atom stereocenters. The largest absolute Gasteiger partial charge is 0.458 e. The fraction of sp³-hybridized carbons (Fsp3) is 0.0588. The first kappa shape index (κ1) is 16.7. The molecular weight excluding hydrogens is 344 g/mol. The van der Waals surface area contributed by atoms with E-state index in [2.05, 4.69) is 21.9 Å². The first-order chi connectivity index (χ1) is 12.2. The van der Waals surface area contributed by atoms with E-state index in [9.17, 15) is 4.79 Å². The molecule has 0 saturated carbocycles. The number of hydrogen-bond donors (Lipinski definition) is 0. The van der Waals surface area contributed by atoms with Crippen LogP contribution in [0.3, 0.4) is 0 Å². The molecule has 25 heavy (non-hydrogen) atoms. The summed E-state index contributed by atoms with van der Waals surface area (Å²) in [7, 11) is 0. The van der Waals surface area contributed by atoms with Crippen molar-refractivity contribution < 1.29 is 13.9 Å². The molecule has 1 aromatic carbocycles. The van der Waals surface area contributed by atoms with Crippen molar-refractivity contribution in [3.8, 4) is 11.3 Å². The number of furan rings is 1. The summed E-state index contributed by atoms with van der Waals surface area (Å²) >= 11 is 6.08. The molecule has 2 aromatic heterocycles. The van der Waals surface area contributed by atoms with Gasteiger partial charge in [0.25, 0.3) is 0 Å². The van der Waals surface area contributed by atoms with Crippen molar-refractivity contribution in [1.29, 1.82) is 0 Å². The van der Waals surface area contributed by atoms with Crippen LogP contribution in [0.5, 0.6) is 0 Å². The molecular formula is C17H13ClN4O3. The second kappa shape index (κ2) is 7.59. The molecule has 0 amide bonds. The molecule has 3 rings (SSSR count). The lowest BCUT2D eigenvalue weighted by Crippen LogP contribution is -2.05. The van der Waals surface area contributed by atoms with Crippen LogP contribution in [-0.2, 0) is 4.74 Å². The van der Waals surface area contributed by atoms with E-state index < -0.39 is 5.97 Å². The van der Waals surface area contributed by atoms with Gasteiger partial charge in [-0.15, -0.1) is 10.2 Å². The quantitative estimate of drug-likeness (QED) is 0.384. The summed E-state index contributed by atoms with van der Waals surface area (Å²) in [6.45, 7) is 3.62. The van der Waals surface area contributed by atoms with Gasteiger partial charge in [0.2, 0.25) is 0 Å². The van der Waals surface area contributed by atoms with E-state index in [0.29, 0.717) is 22.1 Å². The molecule has 0 saturated heterocycles. The second-order valence-electron chi connectivity index (χ2n) is 4.87. The van der Waals surface area contributed by atoms with Crippen molar-refractivity contribution in [2.24, 2.45) is 5.10 Å². The van der Waals surface area contributed by atoms with Crippen LogP contribution in [0.1, 0.15) is 16.1 Å². The minimum Gasteiger partial charge on any atom is -0.458 e. The first-order valence-corrected chi connectivity index (χ1v) is 7.62. The Kier molecular flexibility index (Phi) is 5.06. The van der Waals surface area contributed by atoms with Crippen LogP contribution in [0.4, 0.5) is 0 Å². The Labute approximate surface area is 148 Å². The van der Waals surface area contributed by atoms with E-state index in [0.717, 1.165) is 0 Å². The summed E-state index contributed by atoms with van der Waals surface area (Å²) in [6, 6.07) is 8.53. The molecule has 0 atom stereocenters. The zero-order valence-electron chi connectivity index (χ0n) is 13.0. The van der Waals surface area contributed by atoms with Crippen LogP contribution in [0.15, 0.2) is 65.2 Å². The highest BCUT2D eigenvalue weighted by Crippen LogP contribution is 2.27. The van der Waals surface area contributed by atoms with Gasteiger partial charge in [0.05, 0.1) is 16.8 Å². The molecule has 3 aromatic rings. The van der Waals surface area contributed by atoms with E-state index in [1.807, 2.05) is 0 Å². The van der Waals surface area contributed by atoms with Crippen molar-refractivity contribution in [2.75, 3.05) is 6.61 Å². The predicted octanol–water partition coefficient (Wildman–Crippen LogP) is 3.42. The van der Waals surface area contributed by atoms with Gasteiger partial charge in [-0.2, -0.15) is 5.10 Å². The van der Waals surface area contributed by atoms with Gasteiger partial charge in [-0.25, -0.2) is 9.47 Å². The van der Waals surface area contributed by atoms with E-state index in [-0.39, 0.29) is 12.2 Å². The Morgan fingerprint density at radius 1 is 1.32 bits per heavy atom. The summed E-state index contributed by atoms with van der Waals surface area (Å²) < 4.78 is 12.2. The predicted molar refractivity (Wildman–Crippen MR) is 92.6 cm³/mol. The summed E-state index contributed by atoms with van der Waals surface area (Å²) in [4.78, 5) is 12.0. The van der Waals surface area contributed by atoms with Crippen LogP contribution in [0, 0.1) is 0 Å². The van der Waals surface area contributed by atoms with E-state index in [1.54, 1.807) is 30.3 Å². The van der Waals surface area contributed by atoms with E-state index >= 15 is 0 Å². The minimum absolute atomic E-state index is 0.115. The van der Waals surface area contributed by atoms with Gasteiger partial charge in [0, 0.05) is 5.56 Å². The molecule has 8 heteroatoms. The summed E-state index contributed by atoms with van der Waals surface area (Å²) in [5, 5.41) is 11.7. The van der Waals surface area contributed by atoms with Crippen molar-refractivity contribution >= 4 is 23.8 Å². The number of ether oxygens (including phenoxy) is 1. The molecule has 7 nitrogen and oxygen atoms in total. The van der Waals surface area contributed by atoms with Crippen LogP contribution in [0.2, 0.25) is 5.02 Å². The highest BCUT2D eigenvalue weighted by atomic mass is 35.5. The lowest BCUT2D eigenvalue weighted by molar-refractivity contribution is 0.0550. The SMILES string of the molecule is C=CCOC(=O)c1cc(-c2ccc(C=Nn3cnnc3)o2)ccc1Cl. The smallest absolute Gasteiger partial charge is 0.339 e. The number of rotatable bonds is 6. The van der Waals surface area contributed by atoms with Crippen molar-refractivity contribution in [3.63, 3.8) is 0 Å². The zero-order valence-corrected chi connectivity index (χ0v) is 13.8. The molecule has 0 radical (unpaired) electrons. The number of carbonyl (C=O) groups is 1. The Morgan fingerprint density at radius 2 is 2.12 bits per heavy atom. The highest BCUT2D eigenvalue weighted by molar-refractivity contribution is 6.33. The standard InChI is InChI=1S/C17H13ClN4O3/c1-2-7-24-17(23)14-8-12(3-5-15(14)18)16-6-4-13(25-16)9-21-22-10-19-20-11-22/h2-6,8-11H,1,7H2. The lowest BCUT2D eigenvalue weighted by atomic mass is 10.1. The number of halogens is 1. The molecule has 0 spiro atoms. The average molecular weight is 357 g/mol. The van der Waals surface area contributed by atoms with Crippen LogP contribution >= 0.6 is 11.6 Å². The maximum atomic E-state index is 12.0. The Bertz CT molecular complexity index is 916. The molecule has 0 aliphatic carbocycles. The van der Waals surface area contributed by atoms with Gasteiger partial charge in [0.15, 0.2) is 0 Å². The number of benzene rings is 1. The number of esters is 1. The third kappa shape index (κ3) is 4.02. The maximum Gasteiger partial charge on any atom is 0.339 e. The fourth-order valence-electron chi connectivity index (χ4n) is 2.00. The number of hydrogen-bond acceptors (Lipinski definition) is 6. The maximum absolute atomic E-state index is 12.0. The monoisotopic (exact) mass is 356 g/mol. The van der Waals surface area contributed by atoms with Gasteiger partial charge >= 0.3 is 5.97 Å². The van der Waals surface area contributed by atoms with Crippen LogP contribution in [-0.4, -0.2) is 33.7 Å². The van der Waals surface area contributed by atoms with Gasteiger partial charge < -0.3 is 9.15 Å². The second-order valence-corrected chi connectivity index (χ2v) is 5.28. The fourth-order valence-corrected chi connectivity index (χ4v) is 2.20. The molecule has 0 aliphatic heterocycles. The molecule has 0 fully saturated rings. The molecule has 2 heterocycles. The van der Waals surface area contributed by atoms with Crippen LogP contribution in [0.25, 0.3) is 11.3 Å². The summed E-state index contributed by atoms with van der Waals surface area (Å²) in [5.41, 5.74) is 0.955. The third-order valence-electron chi connectivity index (χ3n) is 3.15. The Morgan fingerprint density at radius 3 is 2.88 bits per heavy atom. The average Bonchev–Trinajstić information content (AvgIpc) is 3.30. The molecule has 0 aliphatic rings. The Hall–Kier alpha value is -3.19. The highest BCUT2D eigenvalue weighted by Gasteiger charge is 2.14. The molecule has 126 valence electrons.